The summed E-state index contributed by atoms with van der Waals surface area (Å²) in [6, 6.07) is 26.9. The number of hydrogen-bond donors (Lipinski definition) is 1. The molecule has 3 aromatic carbocycles. The maximum Gasteiger partial charge on any atom is 0.340 e. The van der Waals surface area contributed by atoms with E-state index in [2.05, 4.69) is 44.3 Å². The molecule has 6 aromatic rings. The largest absolute Gasteiger partial charge is 0.465 e. The van der Waals surface area contributed by atoms with Gasteiger partial charge in [0.05, 0.1) is 18.2 Å². The summed E-state index contributed by atoms with van der Waals surface area (Å²) in [5.74, 6) is 0.249. The van der Waals surface area contributed by atoms with Crippen LogP contribution in [-0.4, -0.2) is 37.8 Å². The molecular formula is C34H33FN6O2. The van der Waals surface area contributed by atoms with E-state index < -0.39 is 11.8 Å². The zero-order valence-electron chi connectivity index (χ0n) is 24.6. The van der Waals surface area contributed by atoms with Crippen LogP contribution < -0.4 is 4.90 Å². The fourth-order valence-electron chi connectivity index (χ4n) is 4.99. The van der Waals surface area contributed by atoms with Crippen LogP contribution in [0.5, 0.6) is 0 Å². The Balaban J connectivity index is 0.00000180. The Labute approximate surface area is 249 Å². The van der Waals surface area contributed by atoms with E-state index in [1.165, 1.54) is 19.4 Å². The molecule has 3 aromatic heterocycles. The van der Waals surface area contributed by atoms with Crippen molar-refractivity contribution in [1.82, 2.24) is 24.7 Å². The number of H-pyrrole nitrogens is 1. The number of anilines is 1. The average Bonchev–Trinajstić information content (AvgIpc) is 3.68. The van der Waals surface area contributed by atoms with Crippen molar-refractivity contribution >= 4 is 22.7 Å². The number of ether oxygens (including phenoxy) is 1. The zero-order valence-corrected chi connectivity index (χ0v) is 24.6. The molecule has 0 aliphatic heterocycles. The van der Waals surface area contributed by atoms with Crippen LogP contribution in [0.1, 0.15) is 35.3 Å². The van der Waals surface area contributed by atoms with Gasteiger partial charge in [-0.1, -0.05) is 80.6 Å². The summed E-state index contributed by atoms with van der Waals surface area (Å²) < 4.78 is 22.3. The summed E-state index contributed by atoms with van der Waals surface area (Å²) in [5, 5.41) is 8.56. The second kappa shape index (κ2) is 13.1. The number of benzene rings is 3. The molecule has 9 heteroatoms. The summed E-state index contributed by atoms with van der Waals surface area (Å²) in [7, 11) is 3.13. The monoisotopic (exact) mass is 576 g/mol. The predicted molar refractivity (Wildman–Crippen MR) is 167 cm³/mol. The maximum atomic E-state index is 15.6. The van der Waals surface area contributed by atoms with Crippen molar-refractivity contribution in [1.29, 1.82) is 0 Å². The van der Waals surface area contributed by atoms with E-state index in [9.17, 15) is 4.79 Å². The fraction of sp³-hybridized carbons (Fsp3) is 0.176. The second-order valence-corrected chi connectivity index (χ2v) is 9.75. The number of carbonyl (C=O) groups excluding carboxylic acids is 1. The molecule has 0 unspecified atom stereocenters. The van der Waals surface area contributed by atoms with Crippen LogP contribution in [0.3, 0.4) is 0 Å². The van der Waals surface area contributed by atoms with Crippen molar-refractivity contribution in [3.8, 4) is 22.6 Å². The number of aromatic amines is 1. The van der Waals surface area contributed by atoms with Crippen LogP contribution in [0.15, 0.2) is 97.5 Å². The van der Waals surface area contributed by atoms with Crippen molar-refractivity contribution < 1.29 is 13.9 Å². The molecule has 0 spiro atoms. The van der Waals surface area contributed by atoms with E-state index in [-0.39, 0.29) is 0 Å². The summed E-state index contributed by atoms with van der Waals surface area (Å²) in [6.07, 6.45) is 3.09. The Kier molecular flexibility index (Phi) is 8.90. The number of aryl methyl sites for hydroxylation is 1. The normalized spacial score (nSPS) is 10.7. The molecule has 0 amide bonds. The van der Waals surface area contributed by atoms with Gasteiger partial charge in [0.25, 0.3) is 0 Å². The molecule has 8 nitrogen and oxygen atoms in total. The quantitative estimate of drug-likeness (QED) is 0.193. The van der Waals surface area contributed by atoms with Gasteiger partial charge in [-0.15, -0.1) is 10.2 Å². The minimum atomic E-state index is -0.518. The first kappa shape index (κ1) is 29.2. The van der Waals surface area contributed by atoms with Gasteiger partial charge in [0.2, 0.25) is 0 Å². The molecular weight excluding hydrogens is 543 g/mol. The van der Waals surface area contributed by atoms with E-state index in [0.29, 0.717) is 58.0 Å². The molecule has 0 aliphatic carbocycles. The highest BCUT2D eigenvalue weighted by atomic mass is 19.1. The van der Waals surface area contributed by atoms with Crippen molar-refractivity contribution in [3.05, 3.63) is 120 Å². The number of fused-ring (bicyclic) bond motifs is 1. The van der Waals surface area contributed by atoms with Crippen LogP contribution >= 0.6 is 0 Å². The molecule has 0 radical (unpaired) electrons. The number of methoxy groups -OCH3 is 1. The Morgan fingerprint density at radius 3 is 2.16 bits per heavy atom. The SMILES string of the molecule is CC.COC(=O)c1cnc(N(Cc2ccccc2)Cc2ccccc2)c2[nH]c(-c3ccc(-c4nncn4C)cc3F)cc12. The molecule has 0 atom stereocenters. The zero-order chi connectivity index (χ0) is 30.3. The smallest absolute Gasteiger partial charge is 0.340 e. The molecule has 6 rings (SSSR count). The fourth-order valence-corrected chi connectivity index (χ4v) is 4.99. The van der Waals surface area contributed by atoms with Gasteiger partial charge in [-0.2, -0.15) is 0 Å². The summed E-state index contributed by atoms with van der Waals surface area (Å²) in [4.78, 5) is 23.0. The number of aromatic nitrogens is 5. The van der Waals surface area contributed by atoms with Gasteiger partial charge in [0, 0.05) is 48.5 Å². The van der Waals surface area contributed by atoms with E-state index in [1.54, 1.807) is 36.1 Å². The lowest BCUT2D eigenvalue weighted by Crippen LogP contribution is -2.24. The minimum absolute atomic E-state index is 0.296. The molecule has 0 saturated carbocycles. The number of halogens is 1. The molecule has 218 valence electrons. The number of hydrogen-bond acceptors (Lipinski definition) is 6. The minimum Gasteiger partial charge on any atom is -0.465 e. The summed E-state index contributed by atoms with van der Waals surface area (Å²) in [6.45, 7) is 5.15. The first-order chi connectivity index (χ1) is 21.0. The van der Waals surface area contributed by atoms with Gasteiger partial charge >= 0.3 is 5.97 Å². The van der Waals surface area contributed by atoms with Gasteiger partial charge < -0.3 is 19.2 Å². The van der Waals surface area contributed by atoms with E-state index >= 15 is 4.39 Å². The van der Waals surface area contributed by atoms with E-state index in [0.717, 1.165) is 11.1 Å². The number of nitrogens with zero attached hydrogens (tertiary/aromatic N) is 5. The second-order valence-electron chi connectivity index (χ2n) is 9.75. The molecule has 0 bridgehead atoms. The third kappa shape index (κ3) is 6.16. The number of esters is 1. The van der Waals surface area contributed by atoms with Crippen molar-refractivity contribution in [3.63, 3.8) is 0 Å². The Bertz CT molecular complexity index is 1790. The van der Waals surface area contributed by atoms with Gasteiger partial charge in [0.15, 0.2) is 11.6 Å². The number of pyridine rings is 1. The lowest BCUT2D eigenvalue weighted by Gasteiger charge is -2.25. The third-order valence-corrected chi connectivity index (χ3v) is 7.01. The van der Waals surface area contributed by atoms with Crippen LogP contribution in [-0.2, 0) is 24.9 Å². The number of carbonyl (C=O) groups is 1. The number of rotatable bonds is 8. The van der Waals surface area contributed by atoms with Crippen LogP contribution in [0, 0.1) is 5.82 Å². The van der Waals surface area contributed by atoms with Gasteiger partial charge in [-0.25, -0.2) is 14.2 Å². The summed E-state index contributed by atoms with van der Waals surface area (Å²) in [5.41, 5.74) is 4.60. The molecule has 43 heavy (non-hydrogen) atoms. The molecule has 0 fully saturated rings. The first-order valence-corrected chi connectivity index (χ1v) is 14.1. The van der Waals surface area contributed by atoms with Gasteiger partial charge in [-0.05, 0) is 29.3 Å². The third-order valence-electron chi connectivity index (χ3n) is 7.01. The average molecular weight is 577 g/mol. The molecule has 0 saturated heterocycles. The maximum absolute atomic E-state index is 15.6. The Morgan fingerprint density at radius 1 is 0.953 bits per heavy atom. The lowest BCUT2D eigenvalue weighted by molar-refractivity contribution is 0.0602. The lowest BCUT2D eigenvalue weighted by atomic mass is 10.1. The summed E-state index contributed by atoms with van der Waals surface area (Å²) >= 11 is 0. The highest BCUT2D eigenvalue weighted by molar-refractivity contribution is 6.07. The van der Waals surface area contributed by atoms with E-state index in [4.69, 9.17) is 9.72 Å². The Hall–Kier alpha value is -5.31. The van der Waals surface area contributed by atoms with Gasteiger partial charge in [0.1, 0.15) is 12.1 Å². The van der Waals surface area contributed by atoms with Crippen molar-refractivity contribution in [2.24, 2.45) is 7.05 Å². The standard InChI is InChI=1S/C32H27FN6O2.C2H6/c1-38-20-35-37-30(38)23-13-14-24(27(33)15-23)28-16-25-26(32(40)41-2)17-34-31(29(25)36-28)39(18-21-9-5-3-6-10-21)19-22-11-7-4-8-12-22;1-2/h3-17,20,36H,18-19H2,1-2H3;1-2H3. The Morgan fingerprint density at radius 2 is 1.60 bits per heavy atom. The molecule has 0 aliphatic rings. The first-order valence-electron chi connectivity index (χ1n) is 14.1. The molecule has 1 N–H and O–H groups in total. The van der Waals surface area contributed by atoms with Crippen molar-refractivity contribution in [2.45, 2.75) is 26.9 Å². The van der Waals surface area contributed by atoms with E-state index in [1.807, 2.05) is 50.2 Å². The van der Waals surface area contributed by atoms with Gasteiger partial charge in [-0.3, -0.25) is 0 Å². The van der Waals surface area contributed by atoms with Crippen LogP contribution in [0.4, 0.5) is 10.2 Å². The highest BCUT2D eigenvalue weighted by Crippen LogP contribution is 2.35. The highest BCUT2D eigenvalue weighted by Gasteiger charge is 2.22. The molecule has 3 heterocycles. The van der Waals surface area contributed by atoms with Crippen LogP contribution in [0.2, 0.25) is 0 Å². The van der Waals surface area contributed by atoms with Crippen molar-refractivity contribution in [2.75, 3.05) is 12.0 Å². The van der Waals surface area contributed by atoms with Crippen LogP contribution in [0.25, 0.3) is 33.5 Å². The predicted octanol–water partition coefficient (Wildman–Crippen LogP) is 7.18. The number of nitrogens with one attached hydrogen (secondary N) is 1. The topological polar surface area (TPSA) is 88.9 Å².